The third kappa shape index (κ3) is 4.70. The second kappa shape index (κ2) is 9.09. The molecule has 2 N–H and O–H groups in total. The topological polar surface area (TPSA) is 120 Å². The number of fused-ring (bicyclic) bond motifs is 1. The average molecular weight is 460 g/mol. The largest absolute Gasteiger partial charge is 0.493 e. The zero-order valence-electron chi connectivity index (χ0n) is 15.5. The highest BCUT2D eigenvalue weighted by molar-refractivity contribution is 7.89. The van der Waals surface area contributed by atoms with Gasteiger partial charge >= 0.3 is 0 Å². The number of rotatable bonds is 9. The summed E-state index contributed by atoms with van der Waals surface area (Å²) in [5.74, 6) is 0.149. The number of benzene rings is 1. The monoisotopic (exact) mass is 459 g/mol. The molecule has 2 aromatic heterocycles. The molecule has 0 saturated heterocycles. The van der Waals surface area contributed by atoms with Crippen molar-refractivity contribution in [2.45, 2.75) is 4.90 Å². The summed E-state index contributed by atoms with van der Waals surface area (Å²) in [5.41, 5.74) is 0.713. The average Bonchev–Trinajstić information content (AvgIpc) is 3.34. The molecule has 0 bridgehead atoms. The highest BCUT2D eigenvalue weighted by Crippen LogP contribution is 2.37. The number of hydrogen-bond donors (Lipinski definition) is 2. The van der Waals surface area contributed by atoms with Crippen LogP contribution in [-0.2, 0) is 19.6 Å². The maximum Gasteiger partial charge on any atom is 0.241 e. The van der Waals surface area contributed by atoms with E-state index in [0.29, 0.717) is 27.7 Å². The second-order valence-corrected chi connectivity index (χ2v) is 8.59. The molecule has 3 aromatic rings. The van der Waals surface area contributed by atoms with E-state index in [0.717, 1.165) is 0 Å². The molecule has 2 heterocycles. The van der Waals surface area contributed by atoms with Crippen LogP contribution in [0.15, 0.2) is 32.9 Å². The lowest BCUT2D eigenvalue weighted by Crippen LogP contribution is -2.27. The Hall–Kier alpha value is -2.18. The first-order valence-corrected chi connectivity index (χ1v) is 11.2. The fourth-order valence-electron chi connectivity index (χ4n) is 2.55. The van der Waals surface area contributed by atoms with E-state index in [1.54, 1.807) is 11.4 Å². The molecule has 1 amide bonds. The number of furan rings is 1. The van der Waals surface area contributed by atoms with Gasteiger partial charge < -0.3 is 19.2 Å². The third-order valence-corrected chi connectivity index (χ3v) is 6.36. The molecule has 0 aliphatic carbocycles. The smallest absolute Gasteiger partial charge is 0.241 e. The number of hydrogen-bond acceptors (Lipinski definition) is 8. The molecular formula is C17H18ClN3O6S2. The number of nitrogens with one attached hydrogen (secondary N) is 2. The number of methoxy groups -OCH3 is 2. The Bertz CT molecular complexity index is 1130. The molecule has 29 heavy (non-hydrogen) atoms. The molecule has 1 aromatic carbocycles. The number of amides is 1. The summed E-state index contributed by atoms with van der Waals surface area (Å²) in [6.45, 7) is 0.373. The minimum atomic E-state index is -3.80. The van der Waals surface area contributed by atoms with Crippen molar-refractivity contribution >= 4 is 55.0 Å². The van der Waals surface area contributed by atoms with Crippen LogP contribution in [0.2, 0.25) is 0 Å². The van der Waals surface area contributed by atoms with Crippen LogP contribution >= 0.6 is 22.9 Å². The Balaban J connectivity index is 2.03. The third-order valence-electron chi connectivity index (χ3n) is 3.84. The van der Waals surface area contributed by atoms with Gasteiger partial charge in [-0.05, 0) is 18.2 Å². The van der Waals surface area contributed by atoms with E-state index in [-0.39, 0.29) is 35.4 Å². The van der Waals surface area contributed by atoms with Gasteiger partial charge in [-0.15, -0.1) is 22.9 Å². The molecule has 0 spiro atoms. The van der Waals surface area contributed by atoms with Crippen molar-refractivity contribution in [1.29, 1.82) is 0 Å². The van der Waals surface area contributed by atoms with Crippen molar-refractivity contribution < 1.29 is 27.1 Å². The van der Waals surface area contributed by atoms with Crippen LogP contribution in [0.4, 0.5) is 5.13 Å². The van der Waals surface area contributed by atoms with E-state index in [1.807, 2.05) is 0 Å². The fourth-order valence-corrected chi connectivity index (χ4v) is 4.53. The van der Waals surface area contributed by atoms with Crippen LogP contribution < -0.4 is 14.8 Å². The maximum absolute atomic E-state index is 12.7. The fraction of sp³-hybridized carbons (Fsp3) is 0.294. The maximum atomic E-state index is 12.7. The van der Waals surface area contributed by atoms with Crippen molar-refractivity contribution in [1.82, 2.24) is 9.71 Å². The molecule has 0 aliphatic rings. The quantitative estimate of drug-likeness (QED) is 0.373. The summed E-state index contributed by atoms with van der Waals surface area (Å²) in [5, 5.41) is 4.94. The van der Waals surface area contributed by atoms with E-state index >= 15 is 0 Å². The first-order valence-electron chi connectivity index (χ1n) is 8.30. The Morgan fingerprint density at radius 1 is 1.34 bits per heavy atom. The van der Waals surface area contributed by atoms with Crippen LogP contribution in [0.1, 0.15) is 0 Å². The van der Waals surface area contributed by atoms with Crippen molar-refractivity contribution in [2.75, 3.05) is 38.6 Å². The molecule has 0 atom stereocenters. The number of carbonyl (C=O) groups excluding carboxylic acids is 1. The highest BCUT2D eigenvalue weighted by Gasteiger charge is 2.23. The van der Waals surface area contributed by atoms with Crippen LogP contribution in [-0.4, -0.2) is 52.6 Å². The number of thiazole rings is 1. The second-order valence-electron chi connectivity index (χ2n) is 5.73. The van der Waals surface area contributed by atoms with Gasteiger partial charge in [-0.25, -0.2) is 18.1 Å². The predicted octanol–water partition coefficient (Wildman–Crippen LogP) is 2.67. The number of ether oxygens (including phenoxy) is 2. The normalized spacial score (nSPS) is 11.7. The Labute approximate surface area is 176 Å². The molecule has 9 nitrogen and oxygen atoms in total. The molecule has 12 heteroatoms. The Morgan fingerprint density at radius 3 is 2.83 bits per heavy atom. The number of anilines is 1. The van der Waals surface area contributed by atoms with Crippen LogP contribution in [0.5, 0.6) is 5.75 Å². The first kappa shape index (κ1) is 21.5. The van der Waals surface area contributed by atoms with Gasteiger partial charge in [-0.3, -0.25) is 4.79 Å². The Kier molecular flexibility index (Phi) is 6.75. The van der Waals surface area contributed by atoms with Gasteiger partial charge in [0.05, 0.1) is 18.6 Å². The van der Waals surface area contributed by atoms with Crippen LogP contribution in [0, 0.1) is 0 Å². The molecule has 0 radical (unpaired) electrons. The lowest BCUT2D eigenvalue weighted by atomic mass is 10.2. The number of carbonyl (C=O) groups is 1. The van der Waals surface area contributed by atoms with Crippen molar-refractivity contribution in [3.63, 3.8) is 0 Å². The molecule has 0 saturated carbocycles. The van der Waals surface area contributed by atoms with E-state index in [1.165, 1.54) is 37.7 Å². The van der Waals surface area contributed by atoms with Gasteiger partial charge in [0, 0.05) is 24.4 Å². The minimum Gasteiger partial charge on any atom is -0.493 e. The summed E-state index contributed by atoms with van der Waals surface area (Å²) in [7, 11) is -0.853. The van der Waals surface area contributed by atoms with Gasteiger partial charge in [0.2, 0.25) is 15.9 Å². The van der Waals surface area contributed by atoms with E-state index < -0.39 is 10.0 Å². The molecule has 156 valence electrons. The van der Waals surface area contributed by atoms with Crippen molar-refractivity contribution in [3.8, 4) is 17.2 Å². The summed E-state index contributed by atoms with van der Waals surface area (Å²) in [6, 6.07) is 4.54. The standard InChI is InChI=1S/C17H18ClN3O6S2/c1-25-6-5-19-29(23,24)14-4-3-12(26-2)16-10(14)7-13(27-16)11-9-28-17(20-11)21-15(22)8-18/h3-4,7,9,19H,5-6,8H2,1-2H3,(H,20,21,22). The van der Waals surface area contributed by atoms with E-state index in [2.05, 4.69) is 15.0 Å². The predicted molar refractivity (Wildman–Crippen MR) is 110 cm³/mol. The number of sulfonamides is 1. The van der Waals surface area contributed by atoms with Gasteiger partial charge in [0.25, 0.3) is 0 Å². The molecule has 0 aliphatic heterocycles. The van der Waals surface area contributed by atoms with Gasteiger partial charge in [-0.2, -0.15) is 0 Å². The number of nitrogens with zero attached hydrogens (tertiary/aromatic N) is 1. The zero-order chi connectivity index (χ0) is 21.0. The van der Waals surface area contributed by atoms with Gasteiger partial charge in [0.15, 0.2) is 22.2 Å². The van der Waals surface area contributed by atoms with E-state index in [9.17, 15) is 13.2 Å². The van der Waals surface area contributed by atoms with E-state index in [4.69, 9.17) is 25.5 Å². The summed E-state index contributed by atoms with van der Waals surface area (Å²) >= 11 is 6.67. The molecule has 0 fully saturated rings. The first-order chi connectivity index (χ1) is 13.9. The van der Waals surface area contributed by atoms with Crippen molar-refractivity contribution in [2.24, 2.45) is 0 Å². The summed E-state index contributed by atoms with van der Waals surface area (Å²) < 4.78 is 43.9. The number of halogens is 1. The lowest BCUT2D eigenvalue weighted by molar-refractivity contribution is -0.113. The van der Waals surface area contributed by atoms with Crippen LogP contribution in [0.3, 0.4) is 0 Å². The molecule has 0 unspecified atom stereocenters. The van der Waals surface area contributed by atoms with Gasteiger partial charge in [0.1, 0.15) is 11.6 Å². The van der Waals surface area contributed by atoms with Gasteiger partial charge in [-0.1, -0.05) is 0 Å². The SMILES string of the molecule is COCCNS(=O)(=O)c1ccc(OC)c2oc(-c3csc(NC(=O)CCl)n3)cc12. The molecule has 3 rings (SSSR count). The molecular weight excluding hydrogens is 442 g/mol. The Morgan fingerprint density at radius 2 is 2.14 bits per heavy atom. The minimum absolute atomic E-state index is 0.0466. The number of alkyl halides is 1. The van der Waals surface area contributed by atoms with Crippen molar-refractivity contribution in [3.05, 3.63) is 23.6 Å². The lowest BCUT2D eigenvalue weighted by Gasteiger charge is -2.08. The number of aromatic nitrogens is 1. The summed E-state index contributed by atoms with van der Waals surface area (Å²) in [4.78, 5) is 15.7. The zero-order valence-corrected chi connectivity index (χ0v) is 17.9. The highest BCUT2D eigenvalue weighted by atomic mass is 35.5. The van der Waals surface area contributed by atoms with Crippen LogP contribution in [0.25, 0.3) is 22.4 Å². The summed E-state index contributed by atoms with van der Waals surface area (Å²) in [6.07, 6.45) is 0.